The summed E-state index contributed by atoms with van der Waals surface area (Å²) in [6.45, 7) is 0.514. The molecule has 3 rings (SSSR count). The van der Waals surface area contributed by atoms with Gasteiger partial charge in [0.25, 0.3) is 5.91 Å². The average Bonchev–Trinajstić information content (AvgIpc) is 2.67. The molecule has 10 heteroatoms. The molecule has 0 aromatic heterocycles. The van der Waals surface area contributed by atoms with E-state index < -0.39 is 28.0 Å². The molecule has 2 heterocycles. The molecule has 0 aliphatic carbocycles. The number of likely N-dealkylation sites (tertiary alicyclic amines) is 1. The number of halogens is 4. The van der Waals surface area contributed by atoms with Crippen LogP contribution < -0.4 is 0 Å². The summed E-state index contributed by atoms with van der Waals surface area (Å²) in [6, 6.07) is 5.36. The van der Waals surface area contributed by atoms with Crippen LogP contribution >= 0.6 is 11.6 Å². The molecular weight excluding hydrogens is 417 g/mol. The fourth-order valence-electron chi connectivity index (χ4n) is 3.64. The second-order valence-corrected chi connectivity index (χ2v) is 9.81. The fourth-order valence-corrected chi connectivity index (χ4v) is 5.57. The number of nitrogens with zero attached hydrogens (tertiary/aromatic N) is 2. The lowest BCUT2D eigenvalue weighted by molar-refractivity contribution is -0.184. The summed E-state index contributed by atoms with van der Waals surface area (Å²) in [5.74, 6) is -2.04. The quantitative estimate of drug-likeness (QED) is 0.679. The van der Waals surface area contributed by atoms with E-state index in [2.05, 4.69) is 0 Å². The van der Waals surface area contributed by atoms with E-state index in [-0.39, 0.29) is 48.3 Å². The van der Waals surface area contributed by atoms with Crippen LogP contribution in [0.4, 0.5) is 13.2 Å². The first kappa shape index (κ1) is 21.4. The van der Waals surface area contributed by atoms with E-state index in [0.717, 1.165) is 6.42 Å². The van der Waals surface area contributed by atoms with Crippen molar-refractivity contribution in [3.63, 3.8) is 0 Å². The summed E-state index contributed by atoms with van der Waals surface area (Å²) in [4.78, 5) is 13.8. The first-order chi connectivity index (χ1) is 13.1. The summed E-state index contributed by atoms with van der Waals surface area (Å²) >= 11 is 6.07. The van der Waals surface area contributed by atoms with E-state index in [1.807, 2.05) is 0 Å². The van der Waals surface area contributed by atoms with E-state index in [1.54, 1.807) is 0 Å². The Kier molecular flexibility index (Phi) is 6.26. The lowest BCUT2D eigenvalue weighted by Gasteiger charge is -2.33. The smallest absolute Gasteiger partial charge is 0.338 e. The van der Waals surface area contributed by atoms with Crippen LogP contribution in [0.2, 0.25) is 0 Å². The van der Waals surface area contributed by atoms with Gasteiger partial charge in [0, 0.05) is 37.1 Å². The van der Waals surface area contributed by atoms with Crippen LogP contribution in [0.25, 0.3) is 0 Å². The standard InChI is InChI=1S/C18H22ClF3N2O3S/c19-15-4-2-10-24(12-15)28(26,27)16-7-5-13(6-8-16)17(25)23-9-1-3-14(11-23)18(20,21)22/h5-8,14-15H,1-4,9-12H2/t14-,15+/m1/s1. The van der Waals surface area contributed by atoms with Crippen LogP contribution in [0.5, 0.6) is 0 Å². The van der Waals surface area contributed by atoms with E-state index in [0.29, 0.717) is 13.0 Å². The van der Waals surface area contributed by atoms with Crippen molar-refractivity contribution in [3.05, 3.63) is 29.8 Å². The summed E-state index contributed by atoms with van der Waals surface area (Å²) < 4.78 is 65.6. The third-order valence-electron chi connectivity index (χ3n) is 5.24. The summed E-state index contributed by atoms with van der Waals surface area (Å²) in [7, 11) is -3.72. The number of alkyl halides is 4. The number of benzene rings is 1. The monoisotopic (exact) mass is 438 g/mol. The predicted octanol–water partition coefficient (Wildman–Crippen LogP) is 3.49. The molecule has 0 unspecified atom stereocenters. The van der Waals surface area contributed by atoms with Gasteiger partial charge in [-0.1, -0.05) is 0 Å². The predicted molar refractivity (Wildman–Crippen MR) is 98.8 cm³/mol. The topological polar surface area (TPSA) is 57.7 Å². The van der Waals surface area contributed by atoms with Gasteiger partial charge in [0.2, 0.25) is 10.0 Å². The largest absolute Gasteiger partial charge is 0.393 e. The molecule has 2 aliphatic rings. The van der Waals surface area contributed by atoms with Crippen LogP contribution in [0.3, 0.4) is 0 Å². The van der Waals surface area contributed by atoms with Gasteiger partial charge in [0.15, 0.2) is 0 Å². The Morgan fingerprint density at radius 2 is 1.68 bits per heavy atom. The van der Waals surface area contributed by atoms with Crippen molar-refractivity contribution in [2.45, 2.75) is 42.1 Å². The fraction of sp³-hybridized carbons (Fsp3) is 0.611. The lowest BCUT2D eigenvalue weighted by Crippen LogP contribution is -2.44. The van der Waals surface area contributed by atoms with Gasteiger partial charge in [-0.25, -0.2) is 8.42 Å². The zero-order valence-corrected chi connectivity index (χ0v) is 16.7. The van der Waals surface area contributed by atoms with Crippen LogP contribution in [0.15, 0.2) is 29.2 Å². The Labute approximate surface area is 167 Å². The van der Waals surface area contributed by atoms with Crippen LogP contribution in [-0.2, 0) is 10.0 Å². The van der Waals surface area contributed by atoms with Crippen LogP contribution in [0.1, 0.15) is 36.0 Å². The maximum atomic E-state index is 13.0. The lowest BCUT2D eigenvalue weighted by atomic mass is 9.97. The maximum absolute atomic E-state index is 13.0. The Hall–Kier alpha value is -1.32. The molecule has 1 aromatic carbocycles. The molecule has 0 radical (unpaired) electrons. The van der Waals surface area contributed by atoms with Gasteiger partial charge >= 0.3 is 6.18 Å². The van der Waals surface area contributed by atoms with Crippen molar-refractivity contribution in [2.75, 3.05) is 26.2 Å². The van der Waals surface area contributed by atoms with Gasteiger partial charge in [-0.3, -0.25) is 4.79 Å². The van der Waals surface area contributed by atoms with E-state index >= 15 is 0 Å². The third-order valence-corrected chi connectivity index (χ3v) is 7.47. The highest BCUT2D eigenvalue weighted by molar-refractivity contribution is 7.89. The molecule has 5 nitrogen and oxygen atoms in total. The number of rotatable bonds is 3. The number of hydrogen-bond acceptors (Lipinski definition) is 3. The summed E-state index contributed by atoms with van der Waals surface area (Å²) in [6.07, 6.45) is -2.58. The molecule has 0 spiro atoms. The van der Waals surface area contributed by atoms with E-state index in [9.17, 15) is 26.4 Å². The van der Waals surface area contributed by atoms with Crippen LogP contribution in [0, 0.1) is 5.92 Å². The van der Waals surface area contributed by atoms with Gasteiger partial charge in [-0.15, -0.1) is 11.6 Å². The Bertz CT molecular complexity index is 814. The van der Waals surface area contributed by atoms with Gasteiger partial charge in [-0.2, -0.15) is 17.5 Å². The highest BCUT2D eigenvalue weighted by atomic mass is 35.5. The van der Waals surface area contributed by atoms with Crippen molar-refractivity contribution >= 4 is 27.5 Å². The minimum absolute atomic E-state index is 0.0157. The molecular formula is C18H22ClF3N2O3S. The number of piperidine rings is 2. The highest BCUT2D eigenvalue weighted by Gasteiger charge is 2.42. The van der Waals surface area contributed by atoms with E-state index in [1.165, 1.54) is 33.5 Å². The molecule has 2 aliphatic heterocycles. The zero-order chi connectivity index (χ0) is 20.5. The molecule has 156 valence electrons. The Morgan fingerprint density at radius 3 is 2.29 bits per heavy atom. The molecule has 0 bridgehead atoms. The van der Waals surface area contributed by atoms with Gasteiger partial charge in [0.1, 0.15) is 0 Å². The average molecular weight is 439 g/mol. The molecule has 2 fully saturated rings. The van der Waals surface area contributed by atoms with Crippen molar-refractivity contribution in [1.29, 1.82) is 0 Å². The molecule has 0 N–H and O–H groups in total. The van der Waals surface area contributed by atoms with Crippen molar-refractivity contribution in [3.8, 4) is 0 Å². The number of hydrogen-bond donors (Lipinski definition) is 0. The SMILES string of the molecule is O=C(c1ccc(S(=O)(=O)N2CCC[C@H](Cl)C2)cc1)N1CCC[C@@H](C(F)(F)F)C1. The number of carbonyl (C=O) groups excluding carboxylic acids is 1. The number of sulfonamides is 1. The molecule has 0 saturated carbocycles. The van der Waals surface area contributed by atoms with Gasteiger partial charge in [0.05, 0.1) is 10.8 Å². The first-order valence-electron chi connectivity index (χ1n) is 9.19. The molecule has 1 aromatic rings. The first-order valence-corrected chi connectivity index (χ1v) is 11.1. The minimum atomic E-state index is -4.33. The van der Waals surface area contributed by atoms with Crippen molar-refractivity contribution in [1.82, 2.24) is 9.21 Å². The highest BCUT2D eigenvalue weighted by Crippen LogP contribution is 2.33. The van der Waals surface area contributed by atoms with Crippen molar-refractivity contribution in [2.24, 2.45) is 5.92 Å². The van der Waals surface area contributed by atoms with Gasteiger partial charge < -0.3 is 4.90 Å². The molecule has 2 atom stereocenters. The van der Waals surface area contributed by atoms with E-state index in [4.69, 9.17) is 11.6 Å². The minimum Gasteiger partial charge on any atom is -0.338 e. The zero-order valence-electron chi connectivity index (χ0n) is 15.2. The second kappa shape index (κ2) is 8.20. The molecule has 2 saturated heterocycles. The molecule has 28 heavy (non-hydrogen) atoms. The second-order valence-electron chi connectivity index (χ2n) is 7.26. The Balaban J connectivity index is 1.72. The Morgan fingerprint density at radius 1 is 1.04 bits per heavy atom. The number of amides is 1. The van der Waals surface area contributed by atoms with Gasteiger partial charge in [-0.05, 0) is 49.9 Å². The summed E-state index contributed by atoms with van der Waals surface area (Å²) in [5.41, 5.74) is 0.177. The number of carbonyl (C=O) groups is 1. The van der Waals surface area contributed by atoms with Crippen molar-refractivity contribution < 1.29 is 26.4 Å². The summed E-state index contributed by atoms with van der Waals surface area (Å²) in [5, 5.41) is -0.231. The third kappa shape index (κ3) is 4.63. The molecule has 1 amide bonds. The maximum Gasteiger partial charge on any atom is 0.393 e. The van der Waals surface area contributed by atoms with Crippen LogP contribution in [-0.4, -0.2) is 61.3 Å². The normalized spacial score (nSPS) is 24.9.